The Labute approximate surface area is 54.2 Å². The molecule has 0 aromatic heterocycles. The quantitative estimate of drug-likeness (QED) is 0.417. The standard InChI is InChI=1S/C7H9NO/c9-8-6-2-5-7-3-1-4-7/h1,3,5H,2,4,6H2/b7-5+. The molecule has 1 aliphatic carbocycles. The van der Waals surface area contributed by atoms with Crippen molar-refractivity contribution in [1.82, 2.24) is 0 Å². The van der Waals surface area contributed by atoms with Crippen LogP contribution in [0.25, 0.3) is 0 Å². The minimum absolute atomic E-state index is 0.414. The Balaban J connectivity index is 2.16. The Morgan fingerprint density at radius 1 is 1.78 bits per heavy atom. The summed E-state index contributed by atoms with van der Waals surface area (Å²) >= 11 is 0. The van der Waals surface area contributed by atoms with E-state index < -0.39 is 0 Å². The van der Waals surface area contributed by atoms with E-state index in [4.69, 9.17) is 0 Å². The molecule has 0 spiro atoms. The molecule has 2 nitrogen and oxygen atoms in total. The summed E-state index contributed by atoms with van der Waals surface area (Å²) in [7, 11) is 0. The van der Waals surface area contributed by atoms with E-state index in [2.05, 4.69) is 23.4 Å². The number of hydrogen-bond acceptors (Lipinski definition) is 2. The molecular weight excluding hydrogens is 114 g/mol. The van der Waals surface area contributed by atoms with Crippen LogP contribution in [0.3, 0.4) is 0 Å². The molecule has 48 valence electrons. The lowest BCUT2D eigenvalue weighted by molar-refractivity contribution is 0.978. The van der Waals surface area contributed by atoms with Crippen LogP contribution < -0.4 is 0 Å². The molecule has 2 heteroatoms. The van der Waals surface area contributed by atoms with E-state index in [-0.39, 0.29) is 0 Å². The molecule has 0 N–H and O–H groups in total. The predicted octanol–water partition coefficient (Wildman–Crippen LogP) is 2.03. The lowest BCUT2D eigenvalue weighted by atomic mass is 10.0. The Bertz CT molecular complexity index is 158. The second-order valence-electron chi connectivity index (χ2n) is 2.03. The highest BCUT2D eigenvalue weighted by molar-refractivity contribution is 5.30. The highest BCUT2D eigenvalue weighted by Crippen LogP contribution is 2.15. The first-order chi connectivity index (χ1) is 4.43. The van der Waals surface area contributed by atoms with E-state index in [9.17, 15) is 4.91 Å². The summed E-state index contributed by atoms with van der Waals surface area (Å²) in [5.41, 5.74) is 1.33. The molecular formula is C7H9NO. The van der Waals surface area contributed by atoms with Crippen LogP contribution in [-0.2, 0) is 0 Å². The van der Waals surface area contributed by atoms with Crippen molar-refractivity contribution < 1.29 is 0 Å². The fourth-order valence-electron chi connectivity index (χ4n) is 0.708. The first kappa shape index (κ1) is 6.20. The minimum atomic E-state index is 0.414. The van der Waals surface area contributed by atoms with Crippen molar-refractivity contribution >= 4 is 0 Å². The number of rotatable bonds is 3. The summed E-state index contributed by atoms with van der Waals surface area (Å²) < 4.78 is 0. The molecule has 0 saturated carbocycles. The Morgan fingerprint density at radius 3 is 3.00 bits per heavy atom. The Hall–Kier alpha value is -0.920. The van der Waals surface area contributed by atoms with E-state index in [1.54, 1.807) is 0 Å². The molecule has 0 aromatic rings. The zero-order valence-electron chi connectivity index (χ0n) is 5.21. The fraction of sp³-hybridized carbons (Fsp3) is 0.429. The fourth-order valence-corrected chi connectivity index (χ4v) is 0.708. The van der Waals surface area contributed by atoms with Crippen LogP contribution in [0.2, 0.25) is 0 Å². The molecule has 0 amide bonds. The normalized spacial score (nSPS) is 19.8. The zero-order chi connectivity index (χ0) is 6.53. The lowest BCUT2D eigenvalue weighted by Gasteiger charge is -2.04. The van der Waals surface area contributed by atoms with Crippen molar-refractivity contribution in [1.29, 1.82) is 0 Å². The second-order valence-corrected chi connectivity index (χ2v) is 2.03. The molecule has 0 unspecified atom stereocenters. The summed E-state index contributed by atoms with van der Waals surface area (Å²) in [4.78, 5) is 9.60. The van der Waals surface area contributed by atoms with Gasteiger partial charge >= 0.3 is 0 Å². The summed E-state index contributed by atoms with van der Waals surface area (Å²) in [5, 5.41) is 2.75. The van der Waals surface area contributed by atoms with Crippen LogP contribution in [0.4, 0.5) is 0 Å². The molecule has 0 aliphatic heterocycles. The van der Waals surface area contributed by atoms with Crippen molar-refractivity contribution in [3.63, 3.8) is 0 Å². The van der Waals surface area contributed by atoms with Crippen molar-refractivity contribution in [3.8, 4) is 0 Å². The number of allylic oxidation sites excluding steroid dienone is 3. The summed E-state index contributed by atoms with van der Waals surface area (Å²) in [5.74, 6) is 0. The van der Waals surface area contributed by atoms with Crippen LogP contribution in [0.1, 0.15) is 12.8 Å². The van der Waals surface area contributed by atoms with Crippen LogP contribution >= 0.6 is 0 Å². The number of hydrogen-bond donors (Lipinski definition) is 0. The molecule has 0 atom stereocenters. The molecule has 0 bridgehead atoms. The highest BCUT2D eigenvalue weighted by Gasteiger charge is 1.96. The van der Waals surface area contributed by atoms with Crippen LogP contribution in [0, 0.1) is 4.91 Å². The molecule has 0 fully saturated rings. The lowest BCUT2D eigenvalue weighted by Crippen LogP contribution is -1.86. The van der Waals surface area contributed by atoms with Crippen LogP contribution in [0.5, 0.6) is 0 Å². The van der Waals surface area contributed by atoms with E-state index >= 15 is 0 Å². The maximum absolute atomic E-state index is 9.60. The average Bonchev–Trinajstić information content (AvgIpc) is 1.76. The highest BCUT2D eigenvalue weighted by atomic mass is 16.3. The van der Waals surface area contributed by atoms with Crippen molar-refractivity contribution in [3.05, 3.63) is 28.7 Å². The predicted molar refractivity (Wildman–Crippen MR) is 37.1 cm³/mol. The van der Waals surface area contributed by atoms with Crippen molar-refractivity contribution in [2.24, 2.45) is 5.18 Å². The monoisotopic (exact) mass is 123 g/mol. The third-order valence-corrected chi connectivity index (χ3v) is 1.31. The summed E-state index contributed by atoms with van der Waals surface area (Å²) in [6.07, 6.45) is 8.08. The van der Waals surface area contributed by atoms with Gasteiger partial charge in [0.15, 0.2) is 0 Å². The van der Waals surface area contributed by atoms with Gasteiger partial charge in [-0.1, -0.05) is 23.4 Å². The van der Waals surface area contributed by atoms with Gasteiger partial charge in [-0.15, -0.1) is 0 Å². The first-order valence-electron chi connectivity index (χ1n) is 3.08. The number of nitrogens with zero attached hydrogens (tertiary/aromatic N) is 1. The third kappa shape index (κ3) is 1.80. The van der Waals surface area contributed by atoms with Gasteiger partial charge in [0, 0.05) is 0 Å². The van der Waals surface area contributed by atoms with E-state index in [0.29, 0.717) is 6.54 Å². The van der Waals surface area contributed by atoms with Crippen molar-refractivity contribution in [2.75, 3.05) is 6.54 Å². The molecule has 1 rings (SSSR count). The molecule has 0 heterocycles. The Morgan fingerprint density at radius 2 is 2.56 bits per heavy atom. The van der Waals surface area contributed by atoms with Gasteiger partial charge in [0.1, 0.15) is 0 Å². The van der Waals surface area contributed by atoms with Gasteiger partial charge in [0.25, 0.3) is 0 Å². The van der Waals surface area contributed by atoms with Gasteiger partial charge in [-0.2, -0.15) is 4.91 Å². The smallest absolute Gasteiger partial charge is 0.0845 e. The minimum Gasteiger partial charge on any atom is -0.151 e. The topological polar surface area (TPSA) is 29.4 Å². The SMILES string of the molecule is O=NCC/C=C1\C=CC1. The van der Waals surface area contributed by atoms with Crippen LogP contribution in [-0.4, -0.2) is 6.54 Å². The van der Waals surface area contributed by atoms with Crippen molar-refractivity contribution in [2.45, 2.75) is 12.8 Å². The van der Waals surface area contributed by atoms with E-state index in [0.717, 1.165) is 12.8 Å². The maximum atomic E-state index is 9.60. The van der Waals surface area contributed by atoms with Crippen LogP contribution in [0.15, 0.2) is 29.0 Å². The van der Waals surface area contributed by atoms with Gasteiger partial charge < -0.3 is 0 Å². The second kappa shape index (κ2) is 3.17. The summed E-state index contributed by atoms with van der Waals surface area (Å²) in [6, 6.07) is 0. The Kier molecular flexibility index (Phi) is 2.19. The maximum Gasteiger partial charge on any atom is 0.0845 e. The third-order valence-electron chi connectivity index (χ3n) is 1.31. The largest absolute Gasteiger partial charge is 0.151 e. The molecule has 9 heavy (non-hydrogen) atoms. The first-order valence-corrected chi connectivity index (χ1v) is 3.08. The van der Waals surface area contributed by atoms with Gasteiger partial charge in [0.05, 0.1) is 6.54 Å². The zero-order valence-corrected chi connectivity index (χ0v) is 5.21. The summed E-state index contributed by atoms with van der Waals surface area (Å²) in [6.45, 7) is 0.414. The van der Waals surface area contributed by atoms with Gasteiger partial charge in [-0.25, -0.2) is 0 Å². The molecule has 0 radical (unpaired) electrons. The molecule has 0 aromatic carbocycles. The van der Waals surface area contributed by atoms with E-state index in [1.165, 1.54) is 5.57 Å². The molecule has 1 aliphatic rings. The van der Waals surface area contributed by atoms with Gasteiger partial charge in [-0.05, 0) is 18.4 Å². The van der Waals surface area contributed by atoms with Gasteiger partial charge in [0.2, 0.25) is 0 Å². The average molecular weight is 123 g/mol. The van der Waals surface area contributed by atoms with E-state index in [1.807, 2.05) is 0 Å². The van der Waals surface area contributed by atoms with Gasteiger partial charge in [-0.3, -0.25) is 0 Å². The number of nitroso groups, excluding NO2 is 1. The molecule has 0 saturated heterocycles.